The fraction of sp³-hybridized carbons (Fsp3) is 0.500. The van der Waals surface area contributed by atoms with Crippen LogP contribution in [-0.2, 0) is 19.5 Å². The number of rotatable bonds is 3. The van der Waals surface area contributed by atoms with Crippen LogP contribution in [-0.4, -0.2) is 34.5 Å². The molecule has 0 bridgehead atoms. The molecule has 0 radical (unpaired) electrons. The number of H-pyrrole nitrogens is 1. The molecule has 0 unspecified atom stereocenters. The highest BCUT2D eigenvalue weighted by atomic mass is 15.2. The number of anilines is 1. The number of nitrogens with zero attached hydrogens (tertiary/aromatic N) is 3. The first-order valence-electron chi connectivity index (χ1n) is 8.46. The van der Waals surface area contributed by atoms with E-state index in [1.54, 1.807) is 0 Å². The van der Waals surface area contributed by atoms with Crippen molar-refractivity contribution in [3.05, 3.63) is 47.5 Å². The molecule has 0 spiro atoms. The van der Waals surface area contributed by atoms with Crippen LogP contribution in [0.1, 0.15) is 36.2 Å². The van der Waals surface area contributed by atoms with Gasteiger partial charge in [-0.3, -0.25) is 4.90 Å². The Hall–Kier alpha value is -1.81. The minimum atomic E-state index is 0.989. The van der Waals surface area contributed by atoms with Gasteiger partial charge in [0.25, 0.3) is 0 Å². The van der Waals surface area contributed by atoms with Crippen LogP contribution in [0.2, 0.25) is 0 Å². The lowest BCUT2D eigenvalue weighted by molar-refractivity contribution is 0.241. The predicted octanol–water partition coefficient (Wildman–Crippen LogP) is 2.96. The van der Waals surface area contributed by atoms with Crippen molar-refractivity contribution in [1.29, 1.82) is 0 Å². The van der Waals surface area contributed by atoms with E-state index in [9.17, 15) is 0 Å². The van der Waals surface area contributed by atoms with Gasteiger partial charge in [0.2, 0.25) is 0 Å². The molecule has 4 heteroatoms. The molecule has 1 fully saturated rings. The summed E-state index contributed by atoms with van der Waals surface area (Å²) in [6.07, 6.45) is 6.94. The summed E-state index contributed by atoms with van der Waals surface area (Å²) in [7, 11) is 0. The lowest BCUT2D eigenvalue weighted by Gasteiger charge is -2.29. The Balaban J connectivity index is 1.39. The summed E-state index contributed by atoms with van der Waals surface area (Å²) in [6.45, 7) is 5.55. The van der Waals surface area contributed by atoms with Gasteiger partial charge in [0.1, 0.15) is 0 Å². The second-order valence-corrected chi connectivity index (χ2v) is 6.50. The molecule has 1 N–H and O–H groups in total. The van der Waals surface area contributed by atoms with Gasteiger partial charge in [-0.05, 0) is 37.0 Å². The number of fused-ring (bicyclic) bond motifs is 1. The smallest absolute Gasteiger partial charge is 0.0925 e. The number of imidazole rings is 1. The molecule has 1 saturated heterocycles. The summed E-state index contributed by atoms with van der Waals surface area (Å²) < 4.78 is 0. The molecule has 22 heavy (non-hydrogen) atoms. The zero-order valence-corrected chi connectivity index (χ0v) is 13.1. The van der Waals surface area contributed by atoms with Crippen molar-refractivity contribution in [3.63, 3.8) is 0 Å². The van der Waals surface area contributed by atoms with Gasteiger partial charge < -0.3 is 9.88 Å². The molecular weight excluding hydrogens is 272 g/mol. The Labute approximate surface area is 132 Å². The summed E-state index contributed by atoms with van der Waals surface area (Å²) in [5.41, 5.74) is 5.33. The molecule has 0 amide bonds. The van der Waals surface area contributed by atoms with Crippen molar-refractivity contribution in [2.24, 2.45) is 0 Å². The molecule has 1 aromatic carbocycles. The Morgan fingerprint density at radius 3 is 2.64 bits per heavy atom. The molecule has 116 valence electrons. The van der Waals surface area contributed by atoms with Crippen molar-refractivity contribution >= 4 is 5.69 Å². The van der Waals surface area contributed by atoms with Crippen molar-refractivity contribution < 1.29 is 0 Å². The van der Waals surface area contributed by atoms with Crippen molar-refractivity contribution in [2.45, 2.75) is 38.8 Å². The monoisotopic (exact) mass is 296 g/mol. The molecule has 4 nitrogen and oxygen atoms in total. The minimum Gasteiger partial charge on any atom is -0.372 e. The van der Waals surface area contributed by atoms with Gasteiger partial charge in [-0.25, -0.2) is 4.98 Å². The van der Waals surface area contributed by atoms with E-state index in [1.807, 2.05) is 6.33 Å². The van der Waals surface area contributed by atoms with Crippen molar-refractivity contribution in [2.75, 3.05) is 24.5 Å². The molecule has 0 saturated carbocycles. The highest BCUT2D eigenvalue weighted by Crippen LogP contribution is 2.22. The maximum Gasteiger partial charge on any atom is 0.0925 e. The first-order chi connectivity index (χ1) is 10.9. The third-order valence-electron chi connectivity index (χ3n) is 4.92. The van der Waals surface area contributed by atoms with Crippen molar-refractivity contribution in [1.82, 2.24) is 14.9 Å². The van der Waals surface area contributed by atoms with E-state index >= 15 is 0 Å². The van der Waals surface area contributed by atoms with E-state index in [0.717, 1.165) is 26.1 Å². The van der Waals surface area contributed by atoms with E-state index in [0.29, 0.717) is 0 Å². The first kappa shape index (κ1) is 13.8. The SMILES string of the molecule is c1nc2c([nH]1)CN(Cc1ccc(N3CCCCC3)cc1)CC2. The Bertz CT molecular complexity index is 610. The number of hydrogen-bond acceptors (Lipinski definition) is 3. The zero-order valence-electron chi connectivity index (χ0n) is 13.1. The third kappa shape index (κ3) is 2.88. The second kappa shape index (κ2) is 6.13. The maximum absolute atomic E-state index is 4.37. The molecule has 0 atom stereocenters. The van der Waals surface area contributed by atoms with E-state index in [-0.39, 0.29) is 0 Å². The molecule has 1 aromatic heterocycles. The Kier molecular flexibility index (Phi) is 3.85. The number of piperidine rings is 1. The van der Waals surface area contributed by atoms with Crippen LogP contribution in [0.5, 0.6) is 0 Å². The lowest BCUT2D eigenvalue weighted by atomic mass is 10.1. The van der Waals surface area contributed by atoms with Crippen LogP contribution < -0.4 is 4.90 Å². The summed E-state index contributed by atoms with van der Waals surface area (Å²) >= 11 is 0. The summed E-state index contributed by atoms with van der Waals surface area (Å²) in [5, 5.41) is 0. The quantitative estimate of drug-likeness (QED) is 0.946. The van der Waals surface area contributed by atoms with Crippen LogP contribution in [0.25, 0.3) is 0 Å². The number of aromatic amines is 1. The van der Waals surface area contributed by atoms with Crippen LogP contribution >= 0.6 is 0 Å². The average Bonchev–Trinajstić information content (AvgIpc) is 3.04. The van der Waals surface area contributed by atoms with Gasteiger partial charge >= 0.3 is 0 Å². The minimum absolute atomic E-state index is 0.989. The number of benzene rings is 1. The van der Waals surface area contributed by atoms with E-state index in [2.05, 4.69) is 44.0 Å². The molecule has 2 aliphatic rings. The molecule has 4 rings (SSSR count). The number of nitrogens with one attached hydrogen (secondary N) is 1. The first-order valence-corrected chi connectivity index (χ1v) is 8.46. The van der Waals surface area contributed by atoms with Crippen LogP contribution in [0.15, 0.2) is 30.6 Å². The standard InChI is InChI=1S/C18H24N4/c1-2-9-22(10-3-1)16-6-4-15(5-7-16)12-21-11-8-17-18(13-21)20-14-19-17/h4-7,14H,1-3,8-13H2,(H,19,20). The molecular formula is C18H24N4. The zero-order chi connectivity index (χ0) is 14.8. The van der Waals surface area contributed by atoms with Crippen LogP contribution in [0.3, 0.4) is 0 Å². The summed E-state index contributed by atoms with van der Waals surface area (Å²) in [6, 6.07) is 9.19. The molecule has 0 aliphatic carbocycles. The van der Waals surface area contributed by atoms with Crippen molar-refractivity contribution in [3.8, 4) is 0 Å². The van der Waals surface area contributed by atoms with E-state index in [4.69, 9.17) is 0 Å². The van der Waals surface area contributed by atoms with E-state index in [1.165, 1.54) is 55.0 Å². The second-order valence-electron chi connectivity index (χ2n) is 6.50. The van der Waals surface area contributed by atoms with Crippen LogP contribution in [0.4, 0.5) is 5.69 Å². The highest BCUT2D eigenvalue weighted by molar-refractivity contribution is 5.47. The number of aromatic nitrogens is 2. The van der Waals surface area contributed by atoms with Crippen LogP contribution in [0, 0.1) is 0 Å². The largest absolute Gasteiger partial charge is 0.372 e. The van der Waals surface area contributed by atoms with Gasteiger partial charge in [0, 0.05) is 44.8 Å². The predicted molar refractivity (Wildman–Crippen MR) is 88.9 cm³/mol. The average molecular weight is 296 g/mol. The van der Waals surface area contributed by atoms with Gasteiger partial charge in [-0.2, -0.15) is 0 Å². The highest BCUT2D eigenvalue weighted by Gasteiger charge is 2.18. The summed E-state index contributed by atoms with van der Waals surface area (Å²) in [5.74, 6) is 0. The Morgan fingerprint density at radius 1 is 1.00 bits per heavy atom. The summed E-state index contributed by atoms with van der Waals surface area (Å²) in [4.78, 5) is 12.7. The molecule has 3 heterocycles. The van der Waals surface area contributed by atoms with Gasteiger partial charge in [-0.1, -0.05) is 12.1 Å². The van der Waals surface area contributed by atoms with E-state index < -0.39 is 0 Å². The van der Waals surface area contributed by atoms with Gasteiger partial charge in [0.15, 0.2) is 0 Å². The number of hydrogen-bond donors (Lipinski definition) is 1. The third-order valence-corrected chi connectivity index (χ3v) is 4.92. The van der Waals surface area contributed by atoms with Gasteiger partial charge in [0.05, 0.1) is 17.7 Å². The topological polar surface area (TPSA) is 35.2 Å². The fourth-order valence-corrected chi connectivity index (χ4v) is 3.63. The Morgan fingerprint density at radius 2 is 1.82 bits per heavy atom. The normalized spacial score (nSPS) is 19.2. The lowest BCUT2D eigenvalue weighted by Crippen LogP contribution is -2.30. The maximum atomic E-state index is 4.37. The molecule has 2 aliphatic heterocycles. The van der Waals surface area contributed by atoms with Gasteiger partial charge in [-0.15, -0.1) is 0 Å². The fourth-order valence-electron chi connectivity index (χ4n) is 3.63. The molecule has 2 aromatic rings.